The van der Waals surface area contributed by atoms with E-state index in [1.54, 1.807) is 0 Å². The molecular formula is C7H10O4. The Balaban J connectivity index is 3.79. The molecule has 0 spiro atoms. The predicted molar refractivity (Wildman–Crippen MR) is 37.1 cm³/mol. The first-order valence-corrected chi connectivity index (χ1v) is 3.25. The van der Waals surface area contributed by atoms with Crippen molar-refractivity contribution in [3.05, 3.63) is 0 Å². The van der Waals surface area contributed by atoms with Crippen LogP contribution in [-0.2, 0) is 14.4 Å². The second-order valence-electron chi connectivity index (χ2n) is 2.29. The molecule has 0 aliphatic heterocycles. The number of aldehydes is 1. The zero-order valence-electron chi connectivity index (χ0n) is 6.24. The van der Waals surface area contributed by atoms with Crippen LogP contribution in [0.2, 0.25) is 0 Å². The Hall–Kier alpha value is -1.19. The van der Waals surface area contributed by atoms with Crippen molar-refractivity contribution < 1.29 is 19.5 Å². The molecular weight excluding hydrogens is 148 g/mol. The van der Waals surface area contributed by atoms with Crippen molar-refractivity contribution in [1.29, 1.82) is 0 Å². The summed E-state index contributed by atoms with van der Waals surface area (Å²) in [6.45, 7) is 1.28. The molecule has 0 aliphatic rings. The molecule has 4 nitrogen and oxygen atoms in total. The summed E-state index contributed by atoms with van der Waals surface area (Å²) in [6.07, 6.45) is 0.461. The highest BCUT2D eigenvalue weighted by molar-refractivity contribution is 5.91. The summed E-state index contributed by atoms with van der Waals surface area (Å²) in [6, 6.07) is 0. The third-order valence-corrected chi connectivity index (χ3v) is 1.36. The molecule has 0 bridgehead atoms. The molecule has 0 rings (SSSR count). The van der Waals surface area contributed by atoms with E-state index >= 15 is 0 Å². The average molecular weight is 158 g/mol. The number of carbonyl (C=O) groups excluding carboxylic acids is 2. The number of rotatable bonds is 5. The summed E-state index contributed by atoms with van der Waals surface area (Å²) < 4.78 is 0. The molecule has 0 saturated heterocycles. The Kier molecular flexibility index (Phi) is 4.10. The minimum Gasteiger partial charge on any atom is -0.481 e. The molecule has 0 aliphatic carbocycles. The number of carboxylic acid groups (broad SMARTS) is 1. The van der Waals surface area contributed by atoms with Crippen LogP contribution < -0.4 is 0 Å². The fourth-order valence-electron chi connectivity index (χ4n) is 0.646. The molecule has 0 radical (unpaired) electrons. The Bertz CT molecular complexity index is 173. The lowest BCUT2D eigenvalue weighted by molar-refractivity contribution is -0.137. The van der Waals surface area contributed by atoms with E-state index in [4.69, 9.17) is 5.11 Å². The summed E-state index contributed by atoms with van der Waals surface area (Å²) >= 11 is 0. The van der Waals surface area contributed by atoms with Gasteiger partial charge in [-0.3, -0.25) is 9.59 Å². The zero-order valence-corrected chi connectivity index (χ0v) is 6.24. The first kappa shape index (κ1) is 9.81. The normalized spacial score (nSPS) is 12.1. The zero-order chi connectivity index (χ0) is 8.85. The van der Waals surface area contributed by atoms with Crippen LogP contribution in [0.5, 0.6) is 0 Å². The molecule has 11 heavy (non-hydrogen) atoms. The molecule has 1 N–H and O–H groups in total. The Morgan fingerprint density at radius 3 is 2.36 bits per heavy atom. The van der Waals surface area contributed by atoms with Crippen molar-refractivity contribution in [2.75, 3.05) is 0 Å². The van der Waals surface area contributed by atoms with E-state index in [9.17, 15) is 14.4 Å². The van der Waals surface area contributed by atoms with Gasteiger partial charge in [0.25, 0.3) is 0 Å². The van der Waals surface area contributed by atoms with Gasteiger partial charge in [0.1, 0.15) is 12.1 Å². The van der Waals surface area contributed by atoms with Crippen LogP contribution >= 0.6 is 0 Å². The van der Waals surface area contributed by atoms with E-state index in [1.165, 1.54) is 6.92 Å². The van der Waals surface area contributed by atoms with Crippen molar-refractivity contribution in [1.82, 2.24) is 0 Å². The third-order valence-electron chi connectivity index (χ3n) is 1.36. The van der Waals surface area contributed by atoms with Gasteiger partial charge in [-0.25, -0.2) is 0 Å². The fraction of sp³-hybridized carbons (Fsp3) is 0.571. The molecule has 1 unspecified atom stereocenters. The Labute approximate surface area is 64.2 Å². The summed E-state index contributed by atoms with van der Waals surface area (Å²) in [5.41, 5.74) is 0. The number of aliphatic carboxylic acids is 1. The first-order chi connectivity index (χ1) is 5.07. The highest BCUT2D eigenvalue weighted by Gasteiger charge is 2.13. The Morgan fingerprint density at radius 2 is 2.09 bits per heavy atom. The maximum atomic E-state index is 10.6. The van der Waals surface area contributed by atoms with Gasteiger partial charge in [0.2, 0.25) is 0 Å². The summed E-state index contributed by atoms with van der Waals surface area (Å²) in [5.74, 6) is -2.01. The van der Waals surface area contributed by atoms with Gasteiger partial charge < -0.3 is 9.90 Å². The second-order valence-corrected chi connectivity index (χ2v) is 2.29. The number of hydrogen-bond donors (Lipinski definition) is 1. The van der Waals surface area contributed by atoms with E-state index in [0.717, 1.165) is 0 Å². The predicted octanol–water partition coefficient (Wildman–Crippen LogP) is 0.255. The summed E-state index contributed by atoms with van der Waals surface area (Å²) in [7, 11) is 0. The largest absolute Gasteiger partial charge is 0.481 e. The van der Waals surface area contributed by atoms with Crippen LogP contribution in [0.15, 0.2) is 0 Å². The topological polar surface area (TPSA) is 71.4 Å². The smallest absolute Gasteiger partial charge is 0.303 e. The van der Waals surface area contributed by atoms with E-state index in [1.807, 2.05) is 0 Å². The third kappa shape index (κ3) is 4.25. The van der Waals surface area contributed by atoms with Gasteiger partial charge in [-0.15, -0.1) is 0 Å². The average Bonchev–Trinajstić information content (AvgIpc) is 1.87. The standard InChI is InChI=1S/C7H10O4/c1-5(9)6(4-8)2-3-7(10)11/h4,6H,2-3H2,1H3,(H,10,11). The van der Waals surface area contributed by atoms with Gasteiger partial charge in [0.15, 0.2) is 0 Å². The van der Waals surface area contributed by atoms with Crippen molar-refractivity contribution in [2.45, 2.75) is 19.8 Å². The van der Waals surface area contributed by atoms with Crippen molar-refractivity contribution >= 4 is 18.0 Å². The minimum absolute atomic E-state index is 0.105. The summed E-state index contributed by atoms with van der Waals surface area (Å²) in [4.78, 5) is 30.7. The highest BCUT2D eigenvalue weighted by Crippen LogP contribution is 2.04. The first-order valence-electron chi connectivity index (χ1n) is 3.25. The SMILES string of the molecule is CC(=O)C(C=O)CCC(=O)O. The molecule has 0 aromatic rings. The van der Waals surface area contributed by atoms with Crippen LogP contribution in [0.25, 0.3) is 0 Å². The van der Waals surface area contributed by atoms with E-state index in [0.29, 0.717) is 6.29 Å². The second kappa shape index (κ2) is 4.60. The van der Waals surface area contributed by atoms with Crippen LogP contribution in [0.1, 0.15) is 19.8 Å². The quantitative estimate of drug-likeness (QED) is 0.460. The molecule has 4 heteroatoms. The number of ketones is 1. The van der Waals surface area contributed by atoms with Crippen LogP contribution in [0.4, 0.5) is 0 Å². The molecule has 0 fully saturated rings. The Morgan fingerprint density at radius 1 is 1.55 bits per heavy atom. The summed E-state index contributed by atoms with van der Waals surface area (Å²) in [5, 5.41) is 8.21. The lowest BCUT2D eigenvalue weighted by Gasteiger charge is -2.01. The minimum atomic E-state index is -0.988. The number of hydrogen-bond acceptors (Lipinski definition) is 3. The van der Waals surface area contributed by atoms with Gasteiger partial charge in [-0.2, -0.15) is 0 Å². The van der Waals surface area contributed by atoms with E-state index < -0.39 is 11.9 Å². The van der Waals surface area contributed by atoms with Crippen LogP contribution in [-0.4, -0.2) is 23.1 Å². The van der Waals surface area contributed by atoms with Gasteiger partial charge in [0, 0.05) is 6.42 Å². The van der Waals surface area contributed by atoms with Crippen LogP contribution in [0.3, 0.4) is 0 Å². The highest BCUT2D eigenvalue weighted by atomic mass is 16.4. The number of carboxylic acids is 1. The van der Waals surface area contributed by atoms with Crippen molar-refractivity contribution in [3.8, 4) is 0 Å². The van der Waals surface area contributed by atoms with Crippen LogP contribution in [0, 0.1) is 5.92 Å². The van der Waals surface area contributed by atoms with E-state index in [2.05, 4.69) is 0 Å². The maximum Gasteiger partial charge on any atom is 0.303 e. The fourth-order valence-corrected chi connectivity index (χ4v) is 0.646. The molecule has 0 amide bonds. The monoisotopic (exact) mass is 158 g/mol. The maximum absolute atomic E-state index is 10.6. The van der Waals surface area contributed by atoms with E-state index in [-0.39, 0.29) is 18.6 Å². The lowest BCUT2D eigenvalue weighted by Crippen LogP contribution is -2.13. The molecule has 1 atom stereocenters. The lowest BCUT2D eigenvalue weighted by atomic mass is 10.0. The molecule has 0 aromatic carbocycles. The molecule has 62 valence electrons. The number of carbonyl (C=O) groups is 3. The number of Topliss-reactive ketones (excluding diaryl/α,β-unsaturated/α-hetero) is 1. The van der Waals surface area contributed by atoms with Gasteiger partial charge in [-0.05, 0) is 13.3 Å². The van der Waals surface area contributed by atoms with Gasteiger partial charge in [-0.1, -0.05) is 0 Å². The molecule has 0 aromatic heterocycles. The molecule has 0 saturated carbocycles. The van der Waals surface area contributed by atoms with Crippen molar-refractivity contribution in [2.24, 2.45) is 5.92 Å². The van der Waals surface area contributed by atoms with Gasteiger partial charge >= 0.3 is 5.97 Å². The molecule has 0 heterocycles. The van der Waals surface area contributed by atoms with Gasteiger partial charge in [0.05, 0.1) is 5.92 Å². The van der Waals surface area contributed by atoms with Crippen molar-refractivity contribution in [3.63, 3.8) is 0 Å².